The van der Waals surface area contributed by atoms with Gasteiger partial charge in [-0.3, -0.25) is 0 Å². The molecule has 0 N–H and O–H groups in total. The molecule has 0 unspecified atom stereocenters. The SMILES string of the molecule is CC1(C)c2cc(-c3ccc4c(c3)c3ccc(N(c5ccc6c(c5)C[C@H](c5ccc7sc8ccccc8c7c5)c5ccccc5-6)c5ccc6c(c5)C5(c7ccccc7-c7ccccc75)c5ccccc5-6)cc3n4-c3ccccc3)ccc2-c2ccc(-n3c4ccccc4c4ccc(N(c5ccc6c(c5)C5(c7ccccc7-c7ccccc75)c5ccccc5-6)c5ccc6c7ccccc7n(-c7ccccc7)c6c5)cc43)cc21. The van der Waals surface area contributed by atoms with Gasteiger partial charge in [-0.05, 0) is 314 Å². The minimum absolute atomic E-state index is 0.145. The Labute approximate surface area is 843 Å². The van der Waals surface area contributed by atoms with Gasteiger partial charge in [0.05, 0.1) is 43.9 Å². The molecule has 145 heavy (non-hydrogen) atoms. The van der Waals surface area contributed by atoms with Crippen molar-refractivity contribution in [1.29, 1.82) is 0 Å². The number of para-hydroxylation sites is 4. The van der Waals surface area contributed by atoms with Gasteiger partial charge in [0, 0.05) is 115 Å². The fourth-order valence-electron chi connectivity index (χ4n) is 27.7. The van der Waals surface area contributed by atoms with Crippen LogP contribution in [0.4, 0.5) is 34.1 Å². The van der Waals surface area contributed by atoms with Gasteiger partial charge in [0.15, 0.2) is 0 Å². The van der Waals surface area contributed by atoms with Gasteiger partial charge in [-0.1, -0.05) is 341 Å². The molecule has 0 fully saturated rings. The summed E-state index contributed by atoms with van der Waals surface area (Å²) in [6.07, 6.45) is 0.856. The predicted molar refractivity (Wildman–Crippen MR) is 605 cm³/mol. The summed E-state index contributed by atoms with van der Waals surface area (Å²) in [5.41, 5.74) is 50.3. The number of nitrogens with zero attached hydrogens (tertiary/aromatic N) is 5. The van der Waals surface area contributed by atoms with E-state index >= 15 is 0 Å². The van der Waals surface area contributed by atoms with Crippen molar-refractivity contribution in [2.45, 2.75) is 42.4 Å². The Morgan fingerprint density at radius 1 is 0.214 bits per heavy atom. The molecule has 4 heterocycles. The maximum Gasteiger partial charge on any atom is 0.0726 e. The lowest BCUT2D eigenvalue weighted by molar-refractivity contribution is 0.660. The smallest absolute Gasteiger partial charge is 0.0726 e. The van der Waals surface area contributed by atoms with E-state index in [1.165, 1.54) is 208 Å². The van der Waals surface area contributed by atoms with Crippen LogP contribution < -0.4 is 9.80 Å². The molecule has 5 nitrogen and oxygen atoms in total. The lowest BCUT2D eigenvalue weighted by Gasteiger charge is -2.33. The summed E-state index contributed by atoms with van der Waals surface area (Å²) in [6.45, 7) is 4.89. The molecule has 0 radical (unpaired) electrons. The molecule has 0 amide bonds. The summed E-state index contributed by atoms with van der Waals surface area (Å²) < 4.78 is 10.2. The highest BCUT2D eigenvalue weighted by Crippen LogP contribution is 2.67. The van der Waals surface area contributed by atoms with E-state index in [2.05, 4.69) is 523 Å². The largest absolute Gasteiger partial charge is 0.310 e. The second-order valence-corrected chi connectivity index (χ2v) is 42.2. The monoisotopic (exact) mass is 1860 g/mol. The molecule has 2 spiro atoms. The van der Waals surface area contributed by atoms with Crippen molar-refractivity contribution in [3.63, 3.8) is 0 Å². The minimum atomic E-state index is -0.546. The molecular weight excluding hydrogens is 1770 g/mol. The first kappa shape index (κ1) is 80.8. The Morgan fingerprint density at radius 3 is 1.08 bits per heavy atom. The molecule has 0 saturated carbocycles. The maximum atomic E-state index is 2.58. The highest BCUT2D eigenvalue weighted by molar-refractivity contribution is 7.25. The Kier molecular flexibility index (Phi) is 16.8. The summed E-state index contributed by atoms with van der Waals surface area (Å²) in [5, 5.41) is 9.88. The van der Waals surface area contributed by atoms with Gasteiger partial charge < -0.3 is 23.5 Å². The Hall–Kier alpha value is -17.9. The topological polar surface area (TPSA) is 21.3 Å². The molecule has 26 aromatic rings. The molecule has 4 aromatic heterocycles. The highest BCUT2D eigenvalue weighted by Gasteiger charge is 2.54. The first-order valence-electron chi connectivity index (χ1n) is 50.8. The van der Waals surface area contributed by atoms with Gasteiger partial charge in [-0.25, -0.2) is 0 Å². The van der Waals surface area contributed by atoms with E-state index in [1.807, 2.05) is 11.3 Å². The normalized spacial score (nSPS) is 14.5. The van der Waals surface area contributed by atoms with Crippen LogP contribution in [0.15, 0.2) is 485 Å². The number of fused-ring (bicyclic) bond motifs is 38. The average molecular weight is 1860 g/mol. The first-order valence-corrected chi connectivity index (χ1v) is 51.6. The van der Waals surface area contributed by atoms with Crippen molar-refractivity contribution in [3.8, 4) is 95.0 Å². The third-order valence-corrected chi connectivity index (χ3v) is 34.9. The molecule has 0 aliphatic heterocycles. The second-order valence-electron chi connectivity index (χ2n) is 41.1. The van der Waals surface area contributed by atoms with E-state index in [0.717, 1.165) is 85.2 Å². The number of rotatable bonds is 11. The van der Waals surface area contributed by atoms with Crippen molar-refractivity contribution in [2.75, 3.05) is 9.80 Å². The summed E-state index contributed by atoms with van der Waals surface area (Å²) in [7, 11) is 0. The summed E-state index contributed by atoms with van der Waals surface area (Å²) in [6, 6.07) is 186. The fourth-order valence-corrected chi connectivity index (χ4v) is 28.8. The third-order valence-electron chi connectivity index (χ3n) is 33.8. The Balaban J connectivity index is 0.530. The van der Waals surface area contributed by atoms with Gasteiger partial charge >= 0.3 is 0 Å². The number of thiophene rings is 1. The summed E-state index contributed by atoms with van der Waals surface area (Å²) in [4.78, 5) is 5.12. The third kappa shape index (κ3) is 11.1. The zero-order valence-electron chi connectivity index (χ0n) is 79.6. The lowest BCUT2D eigenvalue weighted by atomic mass is 9.70. The van der Waals surface area contributed by atoms with Gasteiger partial charge in [0.25, 0.3) is 0 Å². The van der Waals surface area contributed by atoms with Crippen LogP contribution in [0.2, 0.25) is 0 Å². The van der Waals surface area contributed by atoms with E-state index in [-0.39, 0.29) is 11.3 Å². The highest BCUT2D eigenvalue weighted by atomic mass is 32.1. The summed E-state index contributed by atoms with van der Waals surface area (Å²) >= 11 is 1.89. The number of hydrogen-bond donors (Lipinski definition) is 0. The standard InChI is InChI=1S/C139H89N5S/c1-137(2)125-77-85(53-63-106(125)107-65-59-93(78-126(107)137)144-130-51-27-18-42-111(130)113-69-61-96(82-133(113)144)141(95-60-68-112-110-41-17-26-50-129(110)142(132(112)81-95)88-29-5-3-6-30-88)92-58-67-109-105-40-16-25-49-124(105)139(128(109)80-92)121-46-22-13-37-102(121)103-38-14-23-47-122(103)139)84-54-71-131-117(74-84)114-70-62-94(83-134(114)143(131)89-31-7-4-8-32-89)140(91-57-66-108-104-39-15-24-48-123(104)138(127(108)79-91)119-44-20-11-35-100(119)101-36-12-21-45-120(101)138)90-56-64-97-87(73-90)76-116(99-34-10-9-33-98(97)99)86-55-72-136-118(75-86)115-43-19-28-52-135(115)145-136/h3-75,77-83,116H,76H2,1-2H3/t116-/m1/s1. The quantitative estimate of drug-likeness (QED) is 0.129. The predicted octanol–water partition coefficient (Wildman–Crippen LogP) is 36.3. The molecule has 676 valence electrons. The van der Waals surface area contributed by atoms with Gasteiger partial charge in [0.1, 0.15) is 0 Å². The van der Waals surface area contributed by atoms with Crippen molar-refractivity contribution >= 4 is 131 Å². The number of anilines is 6. The maximum absolute atomic E-state index is 2.58. The molecular formula is C139H89N5S. The average Bonchev–Trinajstić information content (AvgIpc) is 1.51. The molecule has 32 rings (SSSR count). The van der Waals surface area contributed by atoms with Crippen LogP contribution in [0.5, 0.6) is 0 Å². The first-order chi connectivity index (χ1) is 71.6. The van der Waals surface area contributed by atoms with Gasteiger partial charge in [-0.15, -0.1) is 11.3 Å². The van der Waals surface area contributed by atoms with E-state index < -0.39 is 10.8 Å². The van der Waals surface area contributed by atoms with Crippen molar-refractivity contribution in [1.82, 2.24) is 13.7 Å². The summed E-state index contributed by atoms with van der Waals surface area (Å²) in [5.74, 6) is 0.145. The fraction of sp³-hybridized carbons (Fsp3) is 0.0504. The van der Waals surface area contributed by atoms with Crippen LogP contribution in [0.1, 0.15) is 92.1 Å². The molecule has 1 atom stereocenters. The van der Waals surface area contributed by atoms with Crippen LogP contribution in [0.3, 0.4) is 0 Å². The van der Waals surface area contributed by atoms with Crippen LogP contribution in [0.25, 0.3) is 181 Å². The zero-order chi connectivity index (χ0) is 95.0. The van der Waals surface area contributed by atoms with Crippen molar-refractivity contribution < 1.29 is 0 Å². The lowest BCUT2D eigenvalue weighted by Crippen LogP contribution is -2.26. The number of benzene rings is 22. The molecule has 6 aliphatic rings. The number of hydrogen-bond acceptors (Lipinski definition) is 3. The van der Waals surface area contributed by atoms with Crippen molar-refractivity contribution in [3.05, 3.63) is 558 Å². The molecule has 22 aromatic carbocycles. The molecule has 6 aliphatic carbocycles. The Morgan fingerprint density at radius 2 is 0.566 bits per heavy atom. The number of aromatic nitrogens is 3. The molecule has 0 saturated heterocycles. The van der Waals surface area contributed by atoms with Crippen LogP contribution in [0, 0.1) is 0 Å². The van der Waals surface area contributed by atoms with Crippen LogP contribution >= 0.6 is 11.3 Å². The van der Waals surface area contributed by atoms with Gasteiger partial charge in [0.2, 0.25) is 0 Å². The van der Waals surface area contributed by atoms with E-state index in [1.54, 1.807) is 0 Å². The van der Waals surface area contributed by atoms with Crippen LogP contribution in [-0.2, 0) is 22.7 Å². The van der Waals surface area contributed by atoms with E-state index in [9.17, 15) is 0 Å². The van der Waals surface area contributed by atoms with E-state index in [4.69, 9.17) is 0 Å². The van der Waals surface area contributed by atoms with Gasteiger partial charge in [-0.2, -0.15) is 0 Å². The van der Waals surface area contributed by atoms with Crippen molar-refractivity contribution in [2.24, 2.45) is 0 Å². The minimum Gasteiger partial charge on any atom is -0.310 e. The second kappa shape index (κ2) is 30.1. The zero-order valence-corrected chi connectivity index (χ0v) is 80.4. The van der Waals surface area contributed by atoms with Crippen LogP contribution in [-0.4, -0.2) is 13.7 Å². The Bertz CT molecular complexity index is 10000. The molecule has 6 heteroatoms. The molecule has 0 bridgehead atoms. The van der Waals surface area contributed by atoms with E-state index in [0.29, 0.717) is 0 Å².